The van der Waals surface area contributed by atoms with Gasteiger partial charge in [0, 0.05) is 6.54 Å². The number of β-lactam (4-membered cyclic amide) rings is 1. The van der Waals surface area contributed by atoms with Crippen molar-refractivity contribution < 1.29 is 19.1 Å². The Morgan fingerprint density at radius 3 is 2.13 bits per heavy atom. The van der Waals surface area contributed by atoms with Crippen molar-refractivity contribution in [1.82, 2.24) is 14.8 Å². The summed E-state index contributed by atoms with van der Waals surface area (Å²) in [6.45, 7) is 0.549. The Morgan fingerprint density at radius 2 is 1.54 bits per heavy atom. The summed E-state index contributed by atoms with van der Waals surface area (Å²) in [4.78, 5) is 41.9. The molecule has 3 aliphatic rings. The van der Waals surface area contributed by atoms with Crippen LogP contribution in [0.1, 0.15) is 22.8 Å². The zero-order chi connectivity index (χ0) is 27.0. The molecule has 2 N–H and O–H groups in total. The molecule has 3 aromatic rings. The molecular formula is C29H27N5O4S. The predicted molar refractivity (Wildman–Crippen MR) is 147 cm³/mol. The average molecular weight is 542 g/mol. The van der Waals surface area contributed by atoms with Crippen LogP contribution >= 0.6 is 11.8 Å². The highest BCUT2D eigenvalue weighted by Crippen LogP contribution is 2.50. The van der Waals surface area contributed by atoms with E-state index >= 15 is 0 Å². The fourth-order valence-electron chi connectivity index (χ4n) is 5.12. The van der Waals surface area contributed by atoms with E-state index in [-0.39, 0.29) is 19.0 Å². The number of nitrogens with two attached hydrogens (primary N) is 1. The lowest BCUT2D eigenvalue weighted by atomic mass is 10.0. The summed E-state index contributed by atoms with van der Waals surface area (Å²) in [5, 5.41) is 5.31. The van der Waals surface area contributed by atoms with Crippen LogP contribution in [0.5, 0.6) is 0 Å². The monoisotopic (exact) mass is 541 g/mol. The minimum Gasteiger partial charge on any atom is -0.450 e. The minimum absolute atomic E-state index is 0.00593. The van der Waals surface area contributed by atoms with Crippen molar-refractivity contribution in [2.75, 3.05) is 19.6 Å². The SMILES string of the molecule is N[C@@H]1C(=O)N2C[C@@](C(=O)OC(c3ccccc3)c3ccccc3)(N3CCN(N=Cc4ccccc4)C3=O)S[C@H]12. The van der Waals surface area contributed by atoms with Gasteiger partial charge in [-0.1, -0.05) is 103 Å². The van der Waals surface area contributed by atoms with Gasteiger partial charge in [0.2, 0.25) is 10.8 Å². The first-order chi connectivity index (χ1) is 19.0. The number of carbonyl (C=O) groups is 3. The molecule has 0 aliphatic carbocycles. The van der Waals surface area contributed by atoms with Crippen molar-refractivity contribution in [2.45, 2.75) is 22.4 Å². The Hall–Kier alpha value is -4.15. The Kier molecular flexibility index (Phi) is 6.58. The van der Waals surface area contributed by atoms with Crippen LogP contribution in [0.3, 0.4) is 0 Å². The Bertz CT molecular complexity index is 1370. The minimum atomic E-state index is -1.45. The molecule has 9 nitrogen and oxygen atoms in total. The van der Waals surface area contributed by atoms with Gasteiger partial charge >= 0.3 is 12.0 Å². The van der Waals surface area contributed by atoms with E-state index < -0.39 is 34.4 Å². The van der Waals surface area contributed by atoms with Crippen molar-refractivity contribution >= 4 is 35.9 Å². The molecule has 6 rings (SSSR count). The summed E-state index contributed by atoms with van der Waals surface area (Å²) in [7, 11) is 0. The van der Waals surface area contributed by atoms with E-state index in [9.17, 15) is 14.4 Å². The number of urea groups is 1. The van der Waals surface area contributed by atoms with E-state index in [2.05, 4.69) is 5.10 Å². The summed E-state index contributed by atoms with van der Waals surface area (Å²) in [5.74, 6) is -0.836. The Morgan fingerprint density at radius 1 is 0.949 bits per heavy atom. The zero-order valence-corrected chi connectivity index (χ0v) is 21.8. The molecule has 198 valence electrons. The normalized spacial score (nSPS) is 24.4. The van der Waals surface area contributed by atoms with E-state index in [0.29, 0.717) is 6.54 Å². The highest BCUT2D eigenvalue weighted by molar-refractivity contribution is 8.02. The van der Waals surface area contributed by atoms with Crippen LogP contribution in [0, 0.1) is 0 Å². The Balaban J connectivity index is 1.31. The lowest BCUT2D eigenvalue weighted by molar-refractivity contribution is -0.156. The number of carbonyl (C=O) groups excluding carboxylic acids is 3. The molecule has 39 heavy (non-hydrogen) atoms. The summed E-state index contributed by atoms with van der Waals surface area (Å²) in [6.07, 6.45) is 0.918. The number of hydrazone groups is 1. The smallest absolute Gasteiger partial charge is 0.345 e. The van der Waals surface area contributed by atoms with E-state index in [1.807, 2.05) is 91.0 Å². The lowest BCUT2D eigenvalue weighted by Crippen LogP contribution is -2.65. The van der Waals surface area contributed by atoms with Gasteiger partial charge in [-0.2, -0.15) is 5.10 Å². The number of benzene rings is 3. The molecule has 3 aliphatic heterocycles. The summed E-state index contributed by atoms with van der Waals surface area (Å²) in [6, 6.07) is 27.2. The van der Waals surface area contributed by atoms with Crippen LogP contribution in [0.2, 0.25) is 0 Å². The molecule has 3 heterocycles. The lowest BCUT2D eigenvalue weighted by Gasteiger charge is -2.38. The third-order valence-corrected chi connectivity index (χ3v) is 8.90. The third-order valence-electron chi connectivity index (χ3n) is 7.20. The van der Waals surface area contributed by atoms with Gasteiger partial charge < -0.3 is 15.4 Å². The van der Waals surface area contributed by atoms with Crippen LogP contribution in [0.15, 0.2) is 96.1 Å². The van der Waals surface area contributed by atoms with Crippen molar-refractivity contribution in [2.24, 2.45) is 10.8 Å². The maximum absolute atomic E-state index is 14.2. The van der Waals surface area contributed by atoms with Gasteiger partial charge in [-0.25, -0.2) is 14.6 Å². The maximum Gasteiger partial charge on any atom is 0.345 e. The predicted octanol–water partition coefficient (Wildman–Crippen LogP) is 3.03. The van der Waals surface area contributed by atoms with E-state index in [1.165, 1.54) is 21.7 Å². The number of nitrogens with zero attached hydrogens (tertiary/aromatic N) is 4. The highest BCUT2D eigenvalue weighted by Gasteiger charge is 2.66. The van der Waals surface area contributed by atoms with Crippen molar-refractivity contribution in [3.05, 3.63) is 108 Å². The fourth-order valence-corrected chi connectivity index (χ4v) is 6.74. The Labute approximate surface area is 230 Å². The van der Waals surface area contributed by atoms with Crippen LogP contribution in [0.25, 0.3) is 0 Å². The first-order valence-electron chi connectivity index (χ1n) is 12.7. The van der Waals surface area contributed by atoms with E-state index in [4.69, 9.17) is 10.5 Å². The number of hydrogen-bond donors (Lipinski definition) is 1. The van der Waals surface area contributed by atoms with Crippen LogP contribution in [-0.2, 0) is 14.3 Å². The highest BCUT2D eigenvalue weighted by atomic mass is 32.2. The molecule has 0 spiro atoms. The first-order valence-corrected chi connectivity index (χ1v) is 13.6. The zero-order valence-electron chi connectivity index (χ0n) is 21.0. The summed E-state index contributed by atoms with van der Waals surface area (Å²) in [5.41, 5.74) is 8.53. The second kappa shape index (κ2) is 10.2. The van der Waals surface area contributed by atoms with Gasteiger partial charge in [0.15, 0.2) is 6.10 Å². The van der Waals surface area contributed by atoms with Gasteiger partial charge in [-0.3, -0.25) is 9.69 Å². The number of amides is 3. The van der Waals surface area contributed by atoms with E-state index in [1.54, 1.807) is 11.1 Å². The van der Waals surface area contributed by atoms with Gasteiger partial charge in [-0.15, -0.1) is 0 Å². The third kappa shape index (κ3) is 4.45. The molecule has 3 saturated heterocycles. The molecule has 3 amide bonds. The van der Waals surface area contributed by atoms with Crippen LogP contribution in [-0.4, -0.2) is 74.9 Å². The van der Waals surface area contributed by atoms with Gasteiger partial charge in [0.1, 0.15) is 11.4 Å². The second-order valence-electron chi connectivity index (χ2n) is 9.60. The molecule has 0 bridgehead atoms. The topological polar surface area (TPSA) is 109 Å². The maximum atomic E-state index is 14.2. The van der Waals surface area contributed by atoms with Crippen molar-refractivity contribution in [3.8, 4) is 0 Å². The van der Waals surface area contributed by atoms with Crippen molar-refractivity contribution in [1.29, 1.82) is 0 Å². The standard InChI is InChI=1S/C29H27N5O4S/c30-23-25(35)32-19-29(39-26(23)32,33-16-17-34(28(33)37)31-18-20-10-4-1-5-11-20)27(36)38-24(21-12-6-2-7-13-21)22-14-8-3-9-15-22/h1-15,18,23-24,26H,16-17,19,30H2/t23-,26-,29-/m1/s1. The molecule has 3 fully saturated rings. The molecule has 10 heteroatoms. The molecular weight excluding hydrogens is 514 g/mol. The molecule has 0 unspecified atom stereocenters. The van der Waals surface area contributed by atoms with Gasteiger partial charge in [0.25, 0.3) is 0 Å². The second-order valence-corrected chi connectivity index (χ2v) is 11.0. The number of hydrogen-bond acceptors (Lipinski definition) is 7. The first kappa shape index (κ1) is 25.1. The van der Waals surface area contributed by atoms with Gasteiger partial charge in [0.05, 0.1) is 19.3 Å². The van der Waals surface area contributed by atoms with Crippen molar-refractivity contribution in [3.63, 3.8) is 0 Å². The fraction of sp³-hybridized carbons (Fsp3) is 0.241. The number of ether oxygens (including phenoxy) is 1. The quantitative estimate of drug-likeness (QED) is 0.280. The molecule has 3 atom stereocenters. The summed E-state index contributed by atoms with van der Waals surface area (Å²) >= 11 is 1.21. The summed E-state index contributed by atoms with van der Waals surface area (Å²) < 4.78 is 6.24. The number of rotatable bonds is 7. The van der Waals surface area contributed by atoms with Gasteiger partial charge in [-0.05, 0) is 16.7 Å². The number of esters is 1. The molecule has 0 aromatic heterocycles. The average Bonchev–Trinajstić information content (AvgIpc) is 3.55. The largest absolute Gasteiger partial charge is 0.450 e. The van der Waals surface area contributed by atoms with Crippen LogP contribution < -0.4 is 5.73 Å². The number of thioether (sulfide) groups is 1. The molecule has 0 radical (unpaired) electrons. The molecule has 0 saturated carbocycles. The molecule has 3 aromatic carbocycles. The van der Waals surface area contributed by atoms with E-state index in [0.717, 1.165) is 16.7 Å². The van der Waals surface area contributed by atoms with Crippen LogP contribution in [0.4, 0.5) is 4.79 Å². The number of fused-ring (bicyclic) bond motifs is 1.